The minimum Gasteiger partial charge on any atom is -0.387 e. The average Bonchev–Trinajstić information content (AvgIpc) is 1.99. The Kier molecular flexibility index (Phi) is 4.25. The Hall–Kier alpha value is -0.450. The molecule has 0 saturated carbocycles. The third-order valence-electron chi connectivity index (χ3n) is 1.96. The zero-order valence-electron chi connectivity index (χ0n) is 8.76. The molecule has 0 spiro atoms. The van der Waals surface area contributed by atoms with Gasteiger partial charge >= 0.3 is 0 Å². The summed E-state index contributed by atoms with van der Waals surface area (Å²) in [6, 6.07) is 4.58. The Labute approximate surface area is 97.2 Å². The van der Waals surface area contributed by atoms with Crippen LogP contribution < -0.4 is 0 Å². The van der Waals surface area contributed by atoms with Crippen LogP contribution in [0.15, 0.2) is 22.7 Å². The molecule has 0 aromatic heterocycles. The van der Waals surface area contributed by atoms with Gasteiger partial charge in [-0.15, -0.1) is 0 Å². The first kappa shape index (κ1) is 12.6. The van der Waals surface area contributed by atoms with Gasteiger partial charge in [0.25, 0.3) is 0 Å². The minimum absolute atomic E-state index is 0.223. The topological polar surface area (TPSA) is 29.5 Å². The van der Waals surface area contributed by atoms with Gasteiger partial charge in [0.15, 0.2) is 0 Å². The van der Waals surface area contributed by atoms with E-state index in [4.69, 9.17) is 4.74 Å². The largest absolute Gasteiger partial charge is 0.387 e. The lowest BCUT2D eigenvalue weighted by atomic mass is 9.97. The van der Waals surface area contributed by atoms with E-state index in [0.29, 0.717) is 10.9 Å². The summed E-state index contributed by atoms with van der Waals surface area (Å²) >= 11 is 3.21. The molecule has 0 heterocycles. The van der Waals surface area contributed by atoms with Crippen LogP contribution in [0.2, 0.25) is 0 Å². The number of hydrogen-bond donors (Lipinski definition) is 1. The number of aliphatic hydroxyl groups is 1. The lowest BCUT2D eigenvalue weighted by Gasteiger charge is -2.22. The fourth-order valence-electron chi connectivity index (χ4n) is 1.51. The molecule has 0 aliphatic rings. The van der Waals surface area contributed by atoms with Crippen molar-refractivity contribution in [1.29, 1.82) is 0 Å². The van der Waals surface area contributed by atoms with Crippen molar-refractivity contribution in [2.24, 2.45) is 0 Å². The van der Waals surface area contributed by atoms with Crippen molar-refractivity contribution in [2.75, 3.05) is 13.7 Å². The van der Waals surface area contributed by atoms with E-state index in [-0.39, 0.29) is 12.4 Å². The normalized spacial score (nSPS) is 15.0. The van der Waals surface area contributed by atoms with Crippen molar-refractivity contribution < 1.29 is 14.2 Å². The molecule has 1 unspecified atom stereocenters. The minimum atomic E-state index is -0.970. The average molecular weight is 277 g/mol. The summed E-state index contributed by atoms with van der Waals surface area (Å²) in [4.78, 5) is 0. The molecule has 0 saturated heterocycles. The molecule has 0 amide bonds. The lowest BCUT2D eigenvalue weighted by Crippen LogP contribution is -2.32. The van der Waals surface area contributed by atoms with Crippen LogP contribution in [0.4, 0.5) is 4.39 Å². The van der Waals surface area contributed by atoms with E-state index < -0.39 is 5.60 Å². The first-order chi connectivity index (χ1) is 6.93. The number of rotatable bonds is 4. The van der Waals surface area contributed by atoms with Crippen LogP contribution in [-0.2, 0) is 11.2 Å². The quantitative estimate of drug-likeness (QED) is 0.916. The summed E-state index contributed by atoms with van der Waals surface area (Å²) in [6.07, 6.45) is 0.358. The zero-order valence-corrected chi connectivity index (χ0v) is 10.3. The second-order valence-corrected chi connectivity index (χ2v) is 4.80. The van der Waals surface area contributed by atoms with E-state index in [0.717, 1.165) is 5.56 Å². The standard InChI is InChI=1S/C11H14BrFO2/c1-11(14,7-15-2)6-8-3-9(12)5-10(13)4-8/h3-5,14H,6-7H2,1-2H3. The van der Waals surface area contributed by atoms with E-state index in [1.807, 2.05) is 0 Å². The highest BCUT2D eigenvalue weighted by molar-refractivity contribution is 9.10. The van der Waals surface area contributed by atoms with E-state index >= 15 is 0 Å². The van der Waals surface area contributed by atoms with Crippen LogP contribution in [0, 0.1) is 5.82 Å². The fourth-order valence-corrected chi connectivity index (χ4v) is 2.03. The second kappa shape index (κ2) is 5.05. The van der Waals surface area contributed by atoms with Gasteiger partial charge in [0, 0.05) is 18.0 Å². The van der Waals surface area contributed by atoms with Crippen LogP contribution >= 0.6 is 15.9 Å². The van der Waals surface area contributed by atoms with Crippen molar-refractivity contribution in [3.8, 4) is 0 Å². The summed E-state index contributed by atoms with van der Waals surface area (Å²) in [7, 11) is 1.52. The van der Waals surface area contributed by atoms with Gasteiger partial charge in [-0.1, -0.05) is 15.9 Å². The van der Waals surface area contributed by atoms with Gasteiger partial charge in [-0.2, -0.15) is 0 Å². The number of benzene rings is 1. The van der Waals surface area contributed by atoms with Crippen molar-refractivity contribution >= 4 is 15.9 Å². The van der Waals surface area contributed by atoms with Crippen LogP contribution in [0.5, 0.6) is 0 Å². The first-order valence-electron chi connectivity index (χ1n) is 4.59. The van der Waals surface area contributed by atoms with E-state index in [1.54, 1.807) is 13.0 Å². The van der Waals surface area contributed by atoms with Crippen molar-refractivity contribution in [1.82, 2.24) is 0 Å². The highest BCUT2D eigenvalue weighted by Crippen LogP contribution is 2.19. The maximum absolute atomic E-state index is 13.0. The molecule has 0 aliphatic carbocycles. The number of methoxy groups -OCH3 is 1. The molecule has 0 bridgehead atoms. The highest BCUT2D eigenvalue weighted by Gasteiger charge is 2.21. The Morgan fingerprint density at radius 3 is 2.67 bits per heavy atom. The molecule has 0 fully saturated rings. The summed E-state index contributed by atoms with van der Waals surface area (Å²) in [5, 5.41) is 9.89. The van der Waals surface area contributed by atoms with Gasteiger partial charge in [0.1, 0.15) is 5.82 Å². The van der Waals surface area contributed by atoms with Gasteiger partial charge in [0.05, 0.1) is 12.2 Å². The molecule has 1 N–H and O–H groups in total. The van der Waals surface area contributed by atoms with E-state index in [2.05, 4.69) is 15.9 Å². The summed E-state index contributed by atoms with van der Waals surface area (Å²) < 4.78 is 18.6. The highest BCUT2D eigenvalue weighted by atomic mass is 79.9. The van der Waals surface area contributed by atoms with E-state index in [1.165, 1.54) is 19.2 Å². The Balaban J connectivity index is 2.80. The molecule has 1 rings (SSSR count). The third-order valence-corrected chi connectivity index (χ3v) is 2.42. The Bertz CT molecular complexity index is 319. The van der Waals surface area contributed by atoms with Crippen molar-refractivity contribution in [2.45, 2.75) is 18.9 Å². The molecular formula is C11H14BrFO2. The van der Waals surface area contributed by atoms with Crippen LogP contribution in [0.25, 0.3) is 0 Å². The Morgan fingerprint density at radius 1 is 1.47 bits per heavy atom. The molecule has 0 radical (unpaired) electrons. The maximum atomic E-state index is 13.0. The van der Waals surface area contributed by atoms with Crippen molar-refractivity contribution in [3.05, 3.63) is 34.1 Å². The van der Waals surface area contributed by atoms with E-state index in [9.17, 15) is 9.50 Å². The molecule has 1 aromatic rings. The molecule has 0 aliphatic heterocycles. The lowest BCUT2D eigenvalue weighted by molar-refractivity contribution is -0.0161. The summed E-state index contributed by atoms with van der Waals surface area (Å²) in [5.41, 5.74) is -0.231. The molecule has 1 atom stereocenters. The van der Waals surface area contributed by atoms with Gasteiger partial charge in [0.2, 0.25) is 0 Å². The SMILES string of the molecule is COCC(C)(O)Cc1cc(F)cc(Br)c1. The molecular weight excluding hydrogens is 263 g/mol. The molecule has 4 heteroatoms. The van der Waals surface area contributed by atoms with Gasteiger partial charge in [-0.25, -0.2) is 4.39 Å². The smallest absolute Gasteiger partial charge is 0.124 e. The molecule has 1 aromatic carbocycles. The predicted molar refractivity (Wildman–Crippen MR) is 60.3 cm³/mol. The first-order valence-corrected chi connectivity index (χ1v) is 5.38. The zero-order chi connectivity index (χ0) is 11.5. The molecule has 2 nitrogen and oxygen atoms in total. The fraction of sp³-hybridized carbons (Fsp3) is 0.455. The monoisotopic (exact) mass is 276 g/mol. The van der Waals surface area contributed by atoms with Crippen LogP contribution in [-0.4, -0.2) is 24.4 Å². The van der Waals surface area contributed by atoms with Gasteiger partial charge in [-0.05, 0) is 30.7 Å². The van der Waals surface area contributed by atoms with Crippen LogP contribution in [0.3, 0.4) is 0 Å². The Morgan fingerprint density at radius 2 is 2.13 bits per heavy atom. The summed E-state index contributed by atoms with van der Waals surface area (Å²) in [5.74, 6) is -0.312. The number of ether oxygens (including phenoxy) is 1. The van der Waals surface area contributed by atoms with Gasteiger partial charge < -0.3 is 9.84 Å². The predicted octanol–water partition coefficient (Wildman–Crippen LogP) is 2.53. The third kappa shape index (κ3) is 4.28. The number of halogens is 2. The molecule has 84 valence electrons. The number of hydrogen-bond acceptors (Lipinski definition) is 2. The van der Waals surface area contributed by atoms with Gasteiger partial charge in [-0.3, -0.25) is 0 Å². The molecule has 15 heavy (non-hydrogen) atoms. The van der Waals surface area contributed by atoms with Crippen LogP contribution in [0.1, 0.15) is 12.5 Å². The second-order valence-electron chi connectivity index (χ2n) is 3.88. The van der Waals surface area contributed by atoms with Crippen molar-refractivity contribution in [3.63, 3.8) is 0 Å². The summed E-state index contributed by atoms with van der Waals surface area (Å²) in [6.45, 7) is 1.89. The maximum Gasteiger partial charge on any atom is 0.124 e.